The minimum absolute atomic E-state index is 0.806. The summed E-state index contributed by atoms with van der Waals surface area (Å²) in [5.74, 6) is 0.990. The zero-order valence-electron chi connectivity index (χ0n) is 12.0. The molecule has 1 fully saturated rings. The van der Waals surface area contributed by atoms with Crippen LogP contribution in [-0.4, -0.2) is 44.2 Å². The van der Waals surface area contributed by atoms with Gasteiger partial charge >= 0.3 is 0 Å². The van der Waals surface area contributed by atoms with Crippen LogP contribution in [0.15, 0.2) is 24.3 Å². The summed E-state index contributed by atoms with van der Waals surface area (Å²) in [4.78, 5) is 2.56. The van der Waals surface area contributed by atoms with E-state index in [1.165, 1.54) is 31.6 Å². The van der Waals surface area contributed by atoms with Gasteiger partial charge in [0.25, 0.3) is 0 Å². The van der Waals surface area contributed by atoms with Crippen LogP contribution in [0.2, 0.25) is 0 Å². The highest BCUT2D eigenvalue weighted by Crippen LogP contribution is 2.13. The van der Waals surface area contributed by atoms with E-state index in [2.05, 4.69) is 41.4 Å². The van der Waals surface area contributed by atoms with Crippen LogP contribution >= 0.6 is 0 Å². The minimum atomic E-state index is 0.806. The second-order valence-corrected chi connectivity index (χ2v) is 5.19. The Morgan fingerprint density at radius 3 is 2.79 bits per heavy atom. The topological polar surface area (TPSA) is 24.5 Å². The van der Waals surface area contributed by atoms with Crippen molar-refractivity contribution in [3.63, 3.8) is 0 Å². The lowest BCUT2D eigenvalue weighted by atomic mass is 10.1. The van der Waals surface area contributed by atoms with Crippen molar-refractivity contribution in [2.75, 3.05) is 39.3 Å². The number of ether oxygens (including phenoxy) is 1. The summed E-state index contributed by atoms with van der Waals surface area (Å²) < 4.78 is 5.60. The van der Waals surface area contributed by atoms with Gasteiger partial charge in [0.2, 0.25) is 0 Å². The first kappa shape index (κ1) is 14.4. The van der Waals surface area contributed by atoms with Crippen molar-refractivity contribution in [2.24, 2.45) is 0 Å². The molecule has 19 heavy (non-hydrogen) atoms. The van der Waals surface area contributed by atoms with Crippen LogP contribution in [0, 0.1) is 0 Å². The lowest BCUT2D eigenvalue weighted by Gasteiger charge is -2.19. The Morgan fingerprint density at radius 2 is 2.00 bits per heavy atom. The van der Waals surface area contributed by atoms with Gasteiger partial charge < -0.3 is 15.0 Å². The minimum Gasteiger partial charge on any atom is -0.494 e. The largest absolute Gasteiger partial charge is 0.494 e. The second-order valence-electron chi connectivity index (χ2n) is 5.19. The van der Waals surface area contributed by atoms with Crippen LogP contribution in [0.25, 0.3) is 0 Å². The van der Waals surface area contributed by atoms with E-state index in [0.29, 0.717) is 0 Å². The van der Waals surface area contributed by atoms with Gasteiger partial charge in [0.1, 0.15) is 5.75 Å². The summed E-state index contributed by atoms with van der Waals surface area (Å²) in [6.07, 6.45) is 3.46. The smallest absolute Gasteiger partial charge is 0.119 e. The van der Waals surface area contributed by atoms with E-state index in [-0.39, 0.29) is 0 Å². The average molecular weight is 262 g/mol. The van der Waals surface area contributed by atoms with E-state index in [1.54, 1.807) is 0 Å². The molecular formula is C16H26N2O. The maximum atomic E-state index is 5.60. The summed E-state index contributed by atoms with van der Waals surface area (Å²) in [5, 5.41) is 3.44. The van der Waals surface area contributed by atoms with Crippen molar-refractivity contribution >= 4 is 0 Å². The summed E-state index contributed by atoms with van der Waals surface area (Å²) >= 11 is 0. The molecule has 3 heteroatoms. The molecule has 0 aromatic heterocycles. The van der Waals surface area contributed by atoms with Gasteiger partial charge in [0.05, 0.1) is 6.61 Å². The van der Waals surface area contributed by atoms with E-state index in [1.807, 2.05) is 0 Å². The Bertz CT molecular complexity index is 342. The van der Waals surface area contributed by atoms with Gasteiger partial charge in [-0.1, -0.05) is 19.1 Å². The monoisotopic (exact) mass is 262 g/mol. The first-order valence-electron chi connectivity index (χ1n) is 7.53. The predicted molar refractivity (Wildman–Crippen MR) is 79.9 cm³/mol. The Hall–Kier alpha value is -1.06. The summed E-state index contributed by atoms with van der Waals surface area (Å²) in [7, 11) is 0. The molecule has 2 rings (SSSR count). The average Bonchev–Trinajstić information content (AvgIpc) is 2.72. The number of rotatable bonds is 6. The van der Waals surface area contributed by atoms with Crippen molar-refractivity contribution in [2.45, 2.75) is 26.2 Å². The molecule has 0 atom stereocenters. The normalized spacial score (nSPS) is 17.1. The lowest BCUT2D eigenvalue weighted by molar-refractivity contribution is 0.296. The highest BCUT2D eigenvalue weighted by atomic mass is 16.5. The van der Waals surface area contributed by atoms with E-state index < -0.39 is 0 Å². The van der Waals surface area contributed by atoms with Crippen molar-refractivity contribution < 1.29 is 4.74 Å². The Balaban J connectivity index is 1.75. The molecule has 1 N–H and O–H groups in total. The first-order valence-corrected chi connectivity index (χ1v) is 7.53. The molecule has 3 nitrogen and oxygen atoms in total. The fourth-order valence-corrected chi connectivity index (χ4v) is 2.38. The van der Waals surface area contributed by atoms with Gasteiger partial charge in [-0.15, -0.1) is 0 Å². The van der Waals surface area contributed by atoms with E-state index in [4.69, 9.17) is 4.74 Å². The quantitative estimate of drug-likeness (QED) is 0.851. The van der Waals surface area contributed by atoms with Crippen LogP contribution in [0.3, 0.4) is 0 Å². The van der Waals surface area contributed by atoms with Gasteiger partial charge in [0, 0.05) is 19.6 Å². The van der Waals surface area contributed by atoms with Gasteiger partial charge in [-0.25, -0.2) is 0 Å². The zero-order valence-corrected chi connectivity index (χ0v) is 12.0. The standard InChI is InChI=1S/C16H26N2O/c1-2-14-19-16-6-4-15(5-7-16)8-12-18-11-3-9-17-10-13-18/h4-7,17H,2-3,8-14H2,1H3. The van der Waals surface area contributed by atoms with Crippen LogP contribution in [0.5, 0.6) is 5.75 Å². The van der Waals surface area contributed by atoms with Gasteiger partial charge in [0.15, 0.2) is 0 Å². The number of nitrogens with zero attached hydrogens (tertiary/aromatic N) is 1. The van der Waals surface area contributed by atoms with Crippen LogP contribution in [0.1, 0.15) is 25.3 Å². The molecule has 1 aromatic rings. The SMILES string of the molecule is CCCOc1ccc(CCN2CCCNCC2)cc1. The second kappa shape index (κ2) is 8.18. The molecule has 1 heterocycles. The Morgan fingerprint density at radius 1 is 1.16 bits per heavy atom. The number of hydrogen-bond acceptors (Lipinski definition) is 3. The fraction of sp³-hybridized carbons (Fsp3) is 0.625. The molecule has 1 saturated heterocycles. The van der Waals surface area contributed by atoms with Crippen molar-refractivity contribution in [1.29, 1.82) is 0 Å². The third kappa shape index (κ3) is 5.21. The maximum absolute atomic E-state index is 5.60. The zero-order chi connectivity index (χ0) is 13.3. The molecular weight excluding hydrogens is 236 g/mol. The van der Waals surface area contributed by atoms with Gasteiger partial charge in [-0.05, 0) is 50.0 Å². The fourth-order valence-electron chi connectivity index (χ4n) is 2.38. The molecule has 1 aromatic carbocycles. The molecule has 0 bridgehead atoms. The number of hydrogen-bond donors (Lipinski definition) is 1. The highest BCUT2D eigenvalue weighted by molar-refractivity contribution is 5.27. The van der Waals surface area contributed by atoms with E-state index in [9.17, 15) is 0 Å². The Labute approximate surface area is 116 Å². The molecule has 0 aliphatic carbocycles. The molecule has 0 saturated carbocycles. The van der Waals surface area contributed by atoms with Crippen molar-refractivity contribution in [1.82, 2.24) is 10.2 Å². The molecule has 1 aliphatic rings. The molecule has 0 radical (unpaired) electrons. The molecule has 0 unspecified atom stereocenters. The van der Waals surface area contributed by atoms with Crippen molar-refractivity contribution in [3.8, 4) is 5.75 Å². The molecule has 1 aliphatic heterocycles. The summed E-state index contributed by atoms with van der Waals surface area (Å²) in [6.45, 7) is 8.80. The third-order valence-electron chi connectivity index (χ3n) is 3.55. The van der Waals surface area contributed by atoms with Gasteiger partial charge in [-0.2, -0.15) is 0 Å². The van der Waals surface area contributed by atoms with E-state index in [0.717, 1.165) is 38.3 Å². The van der Waals surface area contributed by atoms with Crippen molar-refractivity contribution in [3.05, 3.63) is 29.8 Å². The first-order chi connectivity index (χ1) is 9.38. The summed E-state index contributed by atoms with van der Waals surface area (Å²) in [5.41, 5.74) is 1.40. The summed E-state index contributed by atoms with van der Waals surface area (Å²) in [6, 6.07) is 8.58. The molecule has 0 spiro atoms. The van der Waals surface area contributed by atoms with E-state index >= 15 is 0 Å². The maximum Gasteiger partial charge on any atom is 0.119 e. The third-order valence-corrected chi connectivity index (χ3v) is 3.55. The predicted octanol–water partition coefficient (Wildman–Crippen LogP) is 2.31. The lowest BCUT2D eigenvalue weighted by Crippen LogP contribution is -2.30. The van der Waals surface area contributed by atoms with Crippen LogP contribution in [-0.2, 0) is 6.42 Å². The number of nitrogens with one attached hydrogen (secondary N) is 1. The van der Waals surface area contributed by atoms with Gasteiger partial charge in [-0.3, -0.25) is 0 Å². The van der Waals surface area contributed by atoms with Crippen LogP contribution in [0.4, 0.5) is 0 Å². The molecule has 106 valence electrons. The highest BCUT2D eigenvalue weighted by Gasteiger charge is 2.08. The molecule has 0 amide bonds. The van der Waals surface area contributed by atoms with Crippen LogP contribution < -0.4 is 10.1 Å². The number of benzene rings is 1. The Kier molecular flexibility index (Phi) is 6.18.